The summed E-state index contributed by atoms with van der Waals surface area (Å²) in [6.07, 6.45) is -0.0940. The molecule has 2 aliphatic rings. The summed E-state index contributed by atoms with van der Waals surface area (Å²) in [5.74, 6) is -2.65. The number of thiazole rings is 1. The number of carboxylic acid groups (broad SMARTS) is 1. The van der Waals surface area contributed by atoms with Gasteiger partial charge in [0, 0.05) is 36.5 Å². The molecule has 0 saturated carbocycles. The highest BCUT2D eigenvalue weighted by Gasteiger charge is 2.57. The minimum absolute atomic E-state index is 0.0156. The van der Waals surface area contributed by atoms with Crippen molar-refractivity contribution in [3.8, 4) is 16.9 Å². The van der Waals surface area contributed by atoms with Crippen molar-refractivity contribution in [2.45, 2.75) is 31.9 Å². The highest BCUT2D eigenvalue weighted by molar-refractivity contribution is 7.80. The molecule has 1 amide bonds. The van der Waals surface area contributed by atoms with E-state index in [4.69, 9.17) is 19.9 Å². The number of oxime groups is 1. The Morgan fingerprint density at radius 2 is 1.86 bits per heavy atom. The van der Waals surface area contributed by atoms with E-state index in [1.54, 1.807) is 12.1 Å². The van der Waals surface area contributed by atoms with E-state index in [0.717, 1.165) is 54.5 Å². The Bertz CT molecular complexity index is 1860. The average molecular weight is 719 g/mol. The minimum atomic E-state index is -4.99. The number of ether oxygens (including phenoxy) is 1. The fraction of sp³-hybridized carbons (Fsp3) is 0.400. The van der Waals surface area contributed by atoms with E-state index in [9.17, 15) is 27.9 Å². The first-order chi connectivity index (χ1) is 23.1. The smallest absolute Gasteiger partial charge is 0.418 e. The highest BCUT2D eigenvalue weighted by Crippen LogP contribution is 2.40. The van der Waals surface area contributed by atoms with Crippen LogP contribution in [0.5, 0.6) is 5.75 Å². The number of aliphatic carboxylic acids is 1. The Labute approximate surface area is 285 Å². The van der Waals surface area contributed by atoms with Crippen LogP contribution in [0.25, 0.3) is 11.1 Å². The number of hydrogen-bond donors (Lipinski definition) is 4. The predicted molar refractivity (Wildman–Crippen MR) is 176 cm³/mol. The summed E-state index contributed by atoms with van der Waals surface area (Å²) in [7, 11) is -2.99. The van der Waals surface area contributed by atoms with Crippen LogP contribution in [0.2, 0.25) is 0 Å². The molecule has 2 aliphatic heterocycles. The van der Waals surface area contributed by atoms with E-state index in [-0.39, 0.29) is 10.8 Å². The second-order valence-electron chi connectivity index (χ2n) is 11.9. The number of pyridine rings is 1. The molecule has 0 unspecified atom stereocenters. The molecule has 0 aliphatic carbocycles. The average Bonchev–Trinajstić information content (AvgIpc) is 3.49. The van der Waals surface area contributed by atoms with Crippen LogP contribution in [0.15, 0.2) is 53.1 Å². The topological polar surface area (TPSA) is 227 Å². The molecular formula is C30H36N7O10S2+. The van der Waals surface area contributed by atoms with E-state index in [2.05, 4.69) is 35.3 Å². The molecule has 2 atom stereocenters. The van der Waals surface area contributed by atoms with Gasteiger partial charge >= 0.3 is 16.4 Å². The predicted octanol–water partition coefficient (Wildman–Crippen LogP) is 0.810. The zero-order valence-electron chi connectivity index (χ0n) is 26.8. The van der Waals surface area contributed by atoms with Crippen LogP contribution in [0, 0.1) is 5.92 Å². The van der Waals surface area contributed by atoms with Gasteiger partial charge in [0.15, 0.2) is 16.6 Å². The van der Waals surface area contributed by atoms with Gasteiger partial charge in [0.25, 0.3) is 17.8 Å². The summed E-state index contributed by atoms with van der Waals surface area (Å²) < 4.78 is 43.3. The first-order valence-corrected chi connectivity index (χ1v) is 17.3. The van der Waals surface area contributed by atoms with Crippen LogP contribution >= 0.6 is 11.3 Å². The molecule has 49 heavy (non-hydrogen) atoms. The minimum Gasteiger partial charge on any atom is -0.489 e. The number of β-lactam (4-membered cyclic amide) rings is 1. The molecule has 4 heterocycles. The number of carbonyl (C=O) groups is 3. The number of nitrogen functional groups attached to an aromatic ring is 1. The van der Waals surface area contributed by atoms with Crippen LogP contribution in [-0.4, -0.2) is 95.9 Å². The normalized spacial score (nSPS) is 18.5. The molecule has 19 heteroatoms. The SMILES string of the molecule is C[n+]1cc(-c2ccc(OC[C@H](O/N=C(\C(=O)C[C@@H]3C(=O)N(OS(=O)(=O)O)C3(C)C)c3csc(N)n3)C(=O)O)cc2)ccc1N1CCNCC1. The van der Waals surface area contributed by atoms with Crippen molar-refractivity contribution in [3.63, 3.8) is 0 Å². The van der Waals surface area contributed by atoms with E-state index in [1.165, 1.54) is 19.2 Å². The van der Waals surface area contributed by atoms with Gasteiger partial charge in [-0.3, -0.25) is 19.0 Å². The fourth-order valence-electron chi connectivity index (χ4n) is 5.46. The number of Topliss-reactive ketones (excluding diaryl/α,β-unsaturated/α-hetero) is 1. The molecule has 5 N–H and O–H groups in total. The number of anilines is 2. The molecule has 2 aromatic heterocycles. The molecule has 0 spiro atoms. The molecule has 5 rings (SSSR count). The third-order valence-electron chi connectivity index (χ3n) is 8.14. The quantitative estimate of drug-likeness (QED) is 0.0595. The second-order valence-corrected chi connectivity index (χ2v) is 13.8. The summed E-state index contributed by atoms with van der Waals surface area (Å²) >= 11 is 0.993. The fourth-order valence-corrected chi connectivity index (χ4v) is 6.46. The van der Waals surface area contributed by atoms with Crippen LogP contribution in [-0.2, 0) is 41.0 Å². The molecule has 1 aromatic carbocycles. The molecule has 3 aromatic rings. The van der Waals surface area contributed by atoms with Gasteiger partial charge in [0.05, 0.1) is 37.8 Å². The maximum absolute atomic E-state index is 13.4. The molecular weight excluding hydrogens is 683 g/mol. The van der Waals surface area contributed by atoms with Crippen molar-refractivity contribution in [1.82, 2.24) is 15.4 Å². The van der Waals surface area contributed by atoms with Gasteiger partial charge in [-0.1, -0.05) is 17.3 Å². The number of aryl methyl sites for hydroxylation is 1. The largest absolute Gasteiger partial charge is 0.489 e. The van der Waals surface area contributed by atoms with Gasteiger partial charge in [0.1, 0.15) is 18.1 Å². The number of benzene rings is 1. The number of rotatable bonds is 14. The van der Waals surface area contributed by atoms with Gasteiger partial charge in [0.2, 0.25) is 0 Å². The lowest BCUT2D eigenvalue weighted by atomic mass is 9.74. The number of amides is 1. The number of carboxylic acids is 1. The number of nitrogens with one attached hydrogen (secondary N) is 1. The lowest BCUT2D eigenvalue weighted by Crippen LogP contribution is -2.68. The molecule has 17 nitrogen and oxygen atoms in total. The zero-order chi connectivity index (χ0) is 35.5. The first kappa shape index (κ1) is 35.6. The van der Waals surface area contributed by atoms with Gasteiger partial charge < -0.3 is 25.7 Å². The standard InChI is InChI=1S/C30H35N7O10S2/c1-30(2)21(27(39)37(30)47-49(42,43)44)14-23(38)26(22-17-48-29(31)33-22)34-46-24(28(40)41)16-45-20-7-4-18(5-8-20)19-6-9-25(35(3)15-19)36-12-10-32-11-13-36/h4-9,15,17,21,24,32H,10-14,16H2,1-3H3,(H3-,31,33,40,41,42,43,44)/p+1/b34-26-/t21-,24+/m1/s1. The van der Waals surface area contributed by atoms with Crippen molar-refractivity contribution in [3.05, 3.63) is 53.7 Å². The maximum Gasteiger partial charge on any atom is 0.418 e. The summed E-state index contributed by atoms with van der Waals surface area (Å²) in [5, 5.41) is 18.9. The first-order valence-electron chi connectivity index (χ1n) is 15.0. The summed E-state index contributed by atoms with van der Waals surface area (Å²) in [6.45, 7) is 6.12. The Kier molecular flexibility index (Phi) is 10.5. The van der Waals surface area contributed by atoms with Crippen LogP contribution in [0.3, 0.4) is 0 Å². The van der Waals surface area contributed by atoms with Crippen molar-refractivity contribution in [2.75, 3.05) is 43.4 Å². The van der Waals surface area contributed by atoms with Crippen LogP contribution in [0.1, 0.15) is 26.0 Å². The third-order valence-corrected chi connectivity index (χ3v) is 9.16. The highest BCUT2D eigenvalue weighted by atomic mass is 32.3. The Balaban J connectivity index is 1.24. The Morgan fingerprint density at radius 3 is 2.43 bits per heavy atom. The van der Waals surface area contributed by atoms with Crippen molar-refractivity contribution in [1.29, 1.82) is 0 Å². The number of ketones is 1. The van der Waals surface area contributed by atoms with E-state index in [1.807, 2.05) is 31.4 Å². The zero-order valence-corrected chi connectivity index (χ0v) is 28.4. The van der Waals surface area contributed by atoms with Gasteiger partial charge in [-0.2, -0.15) is 13.5 Å². The van der Waals surface area contributed by atoms with Crippen LogP contribution in [0.4, 0.5) is 10.9 Å². The number of carbonyl (C=O) groups excluding carboxylic acids is 2. The second kappa shape index (κ2) is 14.4. The number of hydroxylamine groups is 2. The third kappa shape index (κ3) is 8.31. The molecule has 0 radical (unpaired) electrons. The number of nitrogens with zero attached hydrogens (tertiary/aromatic N) is 5. The monoisotopic (exact) mass is 718 g/mol. The molecule has 2 fully saturated rings. The van der Waals surface area contributed by atoms with Crippen molar-refractivity contribution >= 4 is 56.1 Å². The maximum atomic E-state index is 13.4. The van der Waals surface area contributed by atoms with E-state index >= 15 is 0 Å². The van der Waals surface area contributed by atoms with Gasteiger partial charge in [-0.25, -0.2) is 14.3 Å². The lowest BCUT2D eigenvalue weighted by molar-refractivity contribution is -0.658. The lowest BCUT2D eigenvalue weighted by Gasteiger charge is -2.50. The van der Waals surface area contributed by atoms with Crippen molar-refractivity contribution in [2.24, 2.45) is 18.1 Å². The number of piperazine rings is 1. The number of nitrogens with two attached hydrogens (primary N) is 1. The molecule has 0 bridgehead atoms. The Morgan fingerprint density at radius 1 is 1.18 bits per heavy atom. The summed E-state index contributed by atoms with van der Waals surface area (Å²) in [5.41, 5.74) is 5.91. The molecule has 262 valence electrons. The number of hydrogen-bond acceptors (Lipinski definition) is 14. The van der Waals surface area contributed by atoms with E-state index < -0.39 is 64.4 Å². The summed E-state index contributed by atoms with van der Waals surface area (Å²) in [4.78, 5) is 49.6. The van der Waals surface area contributed by atoms with E-state index in [0.29, 0.717) is 10.8 Å². The van der Waals surface area contributed by atoms with Crippen LogP contribution < -0.4 is 25.3 Å². The summed E-state index contributed by atoms with van der Waals surface area (Å²) in [6, 6.07) is 11.2. The van der Waals surface area contributed by atoms with Gasteiger partial charge in [-0.05, 0) is 37.6 Å². The van der Waals surface area contributed by atoms with Crippen molar-refractivity contribution < 1.29 is 50.9 Å². The van der Waals surface area contributed by atoms with Gasteiger partial charge in [-0.15, -0.1) is 15.6 Å². The number of aromatic nitrogens is 2. The molecule has 2 saturated heterocycles. The Hall–Kier alpha value is -4.69.